The second kappa shape index (κ2) is 4.81. The standard InChI is InChI=1S/C12H16F3NOS/c1-2-8-3-5-11(17,6-4-8)9-7-16-10(18-9)12(13,14)15/h7-8,17H,2-6H2,1H3. The van der Waals surface area contributed by atoms with Crippen LogP contribution in [0.1, 0.15) is 48.9 Å². The lowest BCUT2D eigenvalue weighted by atomic mass is 9.77. The van der Waals surface area contributed by atoms with Gasteiger partial charge >= 0.3 is 6.18 Å². The van der Waals surface area contributed by atoms with Gasteiger partial charge in [0.2, 0.25) is 0 Å². The molecule has 0 aromatic carbocycles. The summed E-state index contributed by atoms with van der Waals surface area (Å²) in [6.07, 6.45) is 0.626. The first-order valence-corrected chi connectivity index (χ1v) is 6.92. The highest BCUT2D eigenvalue weighted by atomic mass is 32.1. The molecule has 1 heterocycles. The fourth-order valence-electron chi connectivity index (χ4n) is 2.43. The summed E-state index contributed by atoms with van der Waals surface area (Å²) < 4.78 is 37.4. The smallest absolute Gasteiger partial charge is 0.384 e. The number of hydrogen-bond donors (Lipinski definition) is 1. The van der Waals surface area contributed by atoms with Crippen LogP contribution in [0.15, 0.2) is 6.20 Å². The van der Waals surface area contributed by atoms with Crippen molar-refractivity contribution in [2.75, 3.05) is 0 Å². The average Bonchev–Trinajstić information content (AvgIpc) is 2.79. The molecule has 18 heavy (non-hydrogen) atoms. The van der Waals surface area contributed by atoms with Crippen molar-refractivity contribution in [1.82, 2.24) is 4.98 Å². The molecule has 0 spiro atoms. The van der Waals surface area contributed by atoms with Crippen molar-refractivity contribution in [3.63, 3.8) is 0 Å². The summed E-state index contributed by atoms with van der Waals surface area (Å²) in [6.45, 7) is 2.10. The predicted octanol–water partition coefficient (Wildman–Crippen LogP) is 3.95. The largest absolute Gasteiger partial charge is 0.443 e. The molecular weight excluding hydrogens is 263 g/mol. The van der Waals surface area contributed by atoms with Gasteiger partial charge in [-0.1, -0.05) is 13.3 Å². The van der Waals surface area contributed by atoms with Crippen molar-refractivity contribution in [2.45, 2.75) is 50.8 Å². The Morgan fingerprint density at radius 1 is 1.44 bits per heavy atom. The first-order chi connectivity index (χ1) is 8.35. The summed E-state index contributed by atoms with van der Waals surface area (Å²) in [5, 5.41) is 9.57. The van der Waals surface area contributed by atoms with E-state index < -0.39 is 16.8 Å². The summed E-state index contributed by atoms with van der Waals surface area (Å²) in [4.78, 5) is 3.73. The Morgan fingerprint density at radius 2 is 2.06 bits per heavy atom. The quantitative estimate of drug-likeness (QED) is 0.889. The van der Waals surface area contributed by atoms with E-state index in [1.165, 1.54) is 6.20 Å². The number of alkyl halides is 3. The zero-order chi connectivity index (χ0) is 13.4. The molecule has 0 saturated heterocycles. The highest BCUT2D eigenvalue weighted by Gasteiger charge is 2.40. The minimum absolute atomic E-state index is 0.351. The SMILES string of the molecule is CCC1CCC(O)(c2cnc(C(F)(F)F)s2)CC1. The number of nitrogens with zero attached hydrogens (tertiary/aromatic N) is 1. The lowest BCUT2D eigenvalue weighted by Gasteiger charge is -2.34. The summed E-state index contributed by atoms with van der Waals surface area (Å²) in [5.74, 6) is 0.584. The lowest BCUT2D eigenvalue weighted by Crippen LogP contribution is -2.30. The molecule has 1 N–H and O–H groups in total. The van der Waals surface area contributed by atoms with Crippen LogP contribution in [0.4, 0.5) is 13.2 Å². The molecule has 1 aromatic heterocycles. The second-order valence-electron chi connectivity index (χ2n) is 4.91. The first kappa shape index (κ1) is 13.8. The molecule has 1 fully saturated rings. The van der Waals surface area contributed by atoms with Crippen molar-refractivity contribution in [3.05, 3.63) is 16.1 Å². The number of halogens is 3. The van der Waals surface area contributed by atoms with Crippen LogP contribution in [0, 0.1) is 5.92 Å². The molecule has 0 unspecified atom stereocenters. The molecule has 0 bridgehead atoms. The van der Waals surface area contributed by atoms with Crippen molar-refractivity contribution < 1.29 is 18.3 Å². The van der Waals surface area contributed by atoms with Gasteiger partial charge in [-0.3, -0.25) is 0 Å². The summed E-state index contributed by atoms with van der Waals surface area (Å²) in [7, 11) is 0. The van der Waals surface area contributed by atoms with E-state index in [1.54, 1.807) is 0 Å². The van der Waals surface area contributed by atoms with Crippen molar-refractivity contribution in [1.29, 1.82) is 0 Å². The normalized spacial score (nSPS) is 29.5. The first-order valence-electron chi connectivity index (χ1n) is 6.11. The molecule has 1 aromatic rings. The van der Waals surface area contributed by atoms with Gasteiger partial charge in [0.1, 0.15) is 5.60 Å². The molecule has 1 saturated carbocycles. The molecule has 2 rings (SSSR count). The second-order valence-corrected chi connectivity index (χ2v) is 5.94. The highest BCUT2D eigenvalue weighted by Crippen LogP contribution is 2.44. The number of thiazole rings is 1. The molecule has 102 valence electrons. The van der Waals surface area contributed by atoms with Gasteiger partial charge in [0.05, 0.1) is 4.88 Å². The maximum Gasteiger partial charge on any atom is 0.443 e. The van der Waals surface area contributed by atoms with E-state index in [0.717, 1.165) is 19.3 Å². The van der Waals surface area contributed by atoms with Crippen LogP contribution < -0.4 is 0 Å². The Morgan fingerprint density at radius 3 is 2.50 bits per heavy atom. The average molecular weight is 279 g/mol. The molecule has 1 aliphatic carbocycles. The van der Waals surface area contributed by atoms with E-state index in [1.807, 2.05) is 0 Å². The van der Waals surface area contributed by atoms with Gasteiger partial charge in [-0.2, -0.15) is 13.2 Å². The molecule has 6 heteroatoms. The van der Waals surface area contributed by atoms with E-state index in [9.17, 15) is 18.3 Å². The Labute approximate surface area is 108 Å². The Bertz CT molecular complexity index is 408. The predicted molar refractivity (Wildman–Crippen MR) is 63.3 cm³/mol. The fourth-order valence-corrected chi connectivity index (χ4v) is 3.36. The number of hydrogen-bond acceptors (Lipinski definition) is 3. The molecule has 0 atom stereocenters. The van der Waals surface area contributed by atoms with Gasteiger partial charge in [0.25, 0.3) is 0 Å². The van der Waals surface area contributed by atoms with Gasteiger partial charge in [0, 0.05) is 6.20 Å². The molecule has 0 amide bonds. The summed E-state index contributed by atoms with van der Waals surface area (Å²) >= 11 is 0.568. The van der Waals surface area contributed by atoms with Gasteiger partial charge in [0.15, 0.2) is 5.01 Å². The molecule has 2 nitrogen and oxygen atoms in total. The maximum absolute atomic E-state index is 12.5. The van der Waals surface area contributed by atoms with Crippen LogP contribution in [-0.4, -0.2) is 10.1 Å². The number of aromatic nitrogens is 1. The fraction of sp³-hybridized carbons (Fsp3) is 0.750. The lowest BCUT2D eigenvalue weighted by molar-refractivity contribution is -0.137. The minimum atomic E-state index is -4.42. The number of aliphatic hydroxyl groups is 1. The molecule has 0 aliphatic heterocycles. The van der Waals surface area contributed by atoms with Crippen molar-refractivity contribution >= 4 is 11.3 Å². The van der Waals surface area contributed by atoms with E-state index in [4.69, 9.17) is 0 Å². The van der Waals surface area contributed by atoms with Crippen LogP contribution in [0.5, 0.6) is 0 Å². The highest BCUT2D eigenvalue weighted by molar-refractivity contribution is 7.11. The van der Waals surface area contributed by atoms with Gasteiger partial charge < -0.3 is 5.11 Å². The Hall–Kier alpha value is -0.620. The number of rotatable bonds is 2. The minimum Gasteiger partial charge on any atom is -0.384 e. The zero-order valence-corrected chi connectivity index (χ0v) is 10.9. The molecule has 1 aliphatic rings. The summed E-state index contributed by atoms with van der Waals surface area (Å²) in [6, 6.07) is 0. The van der Waals surface area contributed by atoms with Crippen LogP contribution in [0.3, 0.4) is 0 Å². The van der Waals surface area contributed by atoms with Gasteiger partial charge in [-0.05, 0) is 31.6 Å². The third kappa shape index (κ3) is 2.69. The molecular formula is C12H16F3NOS. The third-order valence-corrected chi connectivity index (χ3v) is 4.95. The topological polar surface area (TPSA) is 33.1 Å². The Balaban J connectivity index is 2.14. The molecule has 0 radical (unpaired) electrons. The third-order valence-electron chi connectivity index (χ3n) is 3.72. The van der Waals surface area contributed by atoms with Crippen LogP contribution in [0.25, 0.3) is 0 Å². The van der Waals surface area contributed by atoms with Crippen molar-refractivity contribution in [2.24, 2.45) is 5.92 Å². The zero-order valence-electron chi connectivity index (χ0n) is 10.1. The van der Waals surface area contributed by atoms with Gasteiger partial charge in [-0.15, -0.1) is 11.3 Å². The van der Waals surface area contributed by atoms with Gasteiger partial charge in [-0.25, -0.2) is 4.98 Å². The van der Waals surface area contributed by atoms with E-state index >= 15 is 0 Å². The van der Waals surface area contributed by atoms with Crippen LogP contribution in [0.2, 0.25) is 0 Å². The monoisotopic (exact) mass is 279 g/mol. The summed E-state index contributed by atoms with van der Waals surface area (Å²) in [5.41, 5.74) is -1.10. The maximum atomic E-state index is 12.5. The Kier molecular flexibility index (Phi) is 3.69. The van der Waals surface area contributed by atoms with E-state index in [-0.39, 0.29) is 0 Å². The van der Waals surface area contributed by atoms with Crippen LogP contribution >= 0.6 is 11.3 Å². The van der Waals surface area contributed by atoms with E-state index in [2.05, 4.69) is 11.9 Å². The van der Waals surface area contributed by atoms with Crippen LogP contribution in [-0.2, 0) is 11.8 Å². The van der Waals surface area contributed by atoms with E-state index in [0.29, 0.717) is 35.0 Å². The van der Waals surface area contributed by atoms with Crippen molar-refractivity contribution in [3.8, 4) is 0 Å².